The van der Waals surface area contributed by atoms with Gasteiger partial charge in [0.25, 0.3) is 0 Å². The number of carbonyl (C=O) groups is 2. The summed E-state index contributed by atoms with van der Waals surface area (Å²) < 4.78 is 5.85. The minimum atomic E-state index is -1.29. The van der Waals surface area contributed by atoms with Crippen LogP contribution in [-0.2, 0) is 9.53 Å². The third kappa shape index (κ3) is 3.12. The maximum atomic E-state index is 11.1. The Kier molecular flexibility index (Phi) is 4.31. The molecule has 8 nitrogen and oxygen atoms in total. The number of rotatable bonds is 5. The van der Waals surface area contributed by atoms with Crippen LogP contribution in [0.15, 0.2) is 29.4 Å². The smallest absolute Gasteiger partial charge is 0.316 e. The number of ether oxygens (including phenoxy) is 1. The van der Waals surface area contributed by atoms with E-state index >= 15 is 0 Å². The highest BCUT2D eigenvalue weighted by molar-refractivity contribution is 7.99. The molecular weight excluding hydrogens is 284 g/mol. The minimum absolute atomic E-state index is 0.0157. The van der Waals surface area contributed by atoms with E-state index in [2.05, 4.69) is 20.3 Å². The van der Waals surface area contributed by atoms with Crippen LogP contribution in [-0.4, -0.2) is 45.0 Å². The lowest BCUT2D eigenvalue weighted by molar-refractivity contribution is -0.255. The van der Waals surface area contributed by atoms with E-state index in [-0.39, 0.29) is 11.3 Å². The number of aromatic carboxylic acids is 1. The Balaban J connectivity index is 2.25. The maximum absolute atomic E-state index is 11.1. The quantitative estimate of drug-likeness (QED) is 0.525. The molecule has 0 unspecified atom stereocenters. The van der Waals surface area contributed by atoms with Gasteiger partial charge < -0.3 is 14.6 Å². The zero-order valence-corrected chi connectivity index (χ0v) is 11.2. The fraction of sp³-hybridized carbons (Fsp3) is 0.182. The van der Waals surface area contributed by atoms with Crippen molar-refractivity contribution in [1.29, 1.82) is 0 Å². The van der Waals surface area contributed by atoms with Gasteiger partial charge in [0.1, 0.15) is 0 Å². The van der Waals surface area contributed by atoms with Crippen molar-refractivity contribution in [3.63, 3.8) is 0 Å². The zero-order chi connectivity index (χ0) is 14.5. The van der Waals surface area contributed by atoms with Crippen molar-refractivity contribution in [3.8, 4) is 5.69 Å². The number of nitrogens with zero attached hydrogens (tertiary/aromatic N) is 4. The number of benzene rings is 1. The van der Waals surface area contributed by atoms with E-state index in [4.69, 9.17) is 0 Å². The van der Waals surface area contributed by atoms with Crippen molar-refractivity contribution in [1.82, 2.24) is 20.2 Å². The van der Waals surface area contributed by atoms with Crippen LogP contribution < -0.4 is 5.11 Å². The lowest BCUT2D eigenvalue weighted by atomic mass is 10.2. The molecule has 0 aliphatic heterocycles. The molecule has 1 heterocycles. The van der Waals surface area contributed by atoms with Crippen molar-refractivity contribution in [2.75, 3.05) is 12.9 Å². The second-order valence-corrected chi connectivity index (χ2v) is 4.52. The molecule has 0 aliphatic carbocycles. The third-order valence-electron chi connectivity index (χ3n) is 2.31. The summed E-state index contributed by atoms with van der Waals surface area (Å²) >= 11 is 1.08. The molecule has 0 radical (unpaired) electrons. The fourth-order valence-corrected chi connectivity index (χ4v) is 2.10. The van der Waals surface area contributed by atoms with Crippen molar-refractivity contribution in [2.45, 2.75) is 5.16 Å². The van der Waals surface area contributed by atoms with E-state index in [1.807, 2.05) is 0 Å². The molecular formula is C11H9N4O4S-. The molecule has 9 heteroatoms. The second-order valence-electron chi connectivity index (χ2n) is 3.58. The summed E-state index contributed by atoms with van der Waals surface area (Å²) in [5, 5.41) is 22.2. The van der Waals surface area contributed by atoms with E-state index in [1.54, 1.807) is 12.1 Å². The molecule has 0 aliphatic rings. The molecule has 20 heavy (non-hydrogen) atoms. The SMILES string of the molecule is COC(=O)CSc1nnnn1-c1cccc(C(=O)[O-])c1. The van der Waals surface area contributed by atoms with Gasteiger partial charge >= 0.3 is 5.97 Å². The number of hydrogen-bond acceptors (Lipinski definition) is 8. The van der Waals surface area contributed by atoms with Crippen LogP contribution in [0.5, 0.6) is 0 Å². The maximum Gasteiger partial charge on any atom is 0.316 e. The number of thioether (sulfide) groups is 1. The summed E-state index contributed by atoms with van der Waals surface area (Å²) in [7, 11) is 1.29. The van der Waals surface area contributed by atoms with Gasteiger partial charge in [-0.05, 0) is 28.1 Å². The Bertz CT molecular complexity index is 643. The largest absolute Gasteiger partial charge is 0.545 e. The molecule has 2 rings (SSSR count). The normalized spacial score (nSPS) is 10.2. The van der Waals surface area contributed by atoms with Crippen molar-refractivity contribution >= 4 is 23.7 Å². The van der Waals surface area contributed by atoms with Gasteiger partial charge in [0.05, 0.1) is 24.5 Å². The number of aromatic nitrogens is 4. The van der Waals surface area contributed by atoms with Crippen LogP contribution in [0.1, 0.15) is 10.4 Å². The number of carbonyl (C=O) groups excluding carboxylic acids is 2. The van der Waals surface area contributed by atoms with Crippen LogP contribution in [0.4, 0.5) is 0 Å². The molecule has 0 bridgehead atoms. The Morgan fingerprint density at radius 3 is 2.95 bits per heavy atom. The van der Waals surface area contributed by atoms with E-state index in [9.17, 15) is 14.7 Å². The van der Waals surface area contributed by atoms with Crippen LogP contribution in [0.25, 0.3) is 5.69 Å². The fourth-order valence-electron chi connectivity index (χ4n) is 1.38. The molecule has 2 aromatic rings. The van der Waals surface area contributed by atoms with Crippen molar-refractivity contribution in [3.05, 3.63) is 29.8 Å². The van der Waals surface area contributed by atoms with E-state index in [0.29, 0.717) is 10.8 Å². The van der Waals surface area contributed by atoms with Gasteiger partial charge in [0.2, 0.25) is 5.16 Å². The average molecular weight is 293 g/mol. The lowest BCUT2D eigenvalue weighted by Crippen LogP contribution is -2.22. The third-order valence-corrected chi connectivity index (χ3v) is 3.21. The van der Waals surface area contributed by atoms with Crippen LogP contribution in [0.3, 0.4) is 0 Å². The molecule has 0 N–H and O–H groups in total. The number of hydrogen-bond donors (Lipinski definition) is 0. The highest BCUT2D eigenvalue weighted by atomic mass is 32.2. The summed E-state index contributed by atoms with van der Waals surface area (Å²) in [6, 6.07) is 5.99. The van der Waals surface area contributed by atoms with Crippen LogP contribution in [0.2, 0.25) is 0 Å². The first-order chi connectivity index (χ1) is 9.61. The number of esters is 1. The van der Waals surface area contributed by atoms with Crippen molar-refractivity contribution in [2.24, 2.45) is 0 Å². The predicted molar refractivity (Wildman–Crippen MR) is 66.2 cm³/mol. The van der Waals surface area contributed by atoms with Crippen LogP contribution >= 0.6 is 11.8 Å². The topological polar surface area (TPSA) is 110 Å². The van der Waals surface area contributed by atoms with Gasteiger partial charge in [-0.3, -0.25) is 4.79 Å². The van der Waals surface area contributed by atoms with E-state index in [1.165, 1.54) is 23.9 Å². The Morgan fingerprint density at radius 2 is 2.25 bits per heavy atom. The summed E-state index contributed by atoms with van der Waals surface area (Å²) in [5.41, 5.74) is 0.478. The number of carboxylic acids is 1. The molecule has 0 saturated carbocycles. The Hall–Kier alpha value is -2.42. The van der Waals surface area contributed by atoms with Crippen molar-refractivity contribution < 1.29 is 19.4 Å². The molecule has 0 fully saturated rings. The Morgan fingerprint density at radius 1 is 1.45 bits per heavy atom. The number of carboxylic acid groups (broad SMARTS) is 1. The monoisotopic (exact) mass is 293 g/mol. The Labute approximate surface area is 117 Å². The number of tetrazole rings is 1. The van der Waals surface area contributed by atoms with Gasteiger partial charge in [-0.2, -0.15) is 4.68 Å². The lowest BCUT2D eigenvalue weighted by Gasteiger charge is -2.07. The highest BCUT2D eigenvalue weighted by Gasteiger charge is 2.12. The average Bonchev–Trinajstić information content (AvgIpc) is 2.93. The summed E-state index contributed by atoms with van der Waals surface area (Å²) in [4.78, 5) is 21.9. The first-order valence-electron chi connectivity index (χ1n) is 5.41. The first-order valence-corrected chi connectivity index (χ1v) is 6.40. The van der Waals surface area contributed by atoms with Gasteiger partial charge in [0, 0.05) is 0 Å². The molecule has 1 aromatic carbocycles. The second kappa shape index (κ2) is 6.15. The van der Waals surface area contributed by atoms with Gasteiger partial charge in [0.15, 0.2) is 0 Å². The van der Waals surface area contributed by atoms with E-state index < -0.39 is 11.9 Å². The molecule has 1 aromatic heterocycles. The summed E-state index contributed by atoms with van der Waals surface area (Å²) in [5.74, 6) is -1.64. The molecule has 104 valence electrons. The van der Waals surface area contributed by atoms with Gasteiger partial charge in [-0.25, -0.2) is 0 Å². The summed E-state index contributed by atoms with van der Waals surface area (Å²) in [6.07, 6.45) is 0. The standard InChI is InChI=1S/C11H10N4O4S/c1-19-9(16)6-20-11-12-13-14-15(11)8-4-2-3-7(5-8)10(17)18/h2-5H,6H2,1H3,(H,17,18)/p-1. The highest BCUT2D eigenvalue weighted by Crippen LogP contribution is 2.18. The number of methoxy groups -OCH3 is 1. The van der Waals surface area contributed by atoms with Crippen LogP contribution in [0, 0.1) is 0 Å². The summed E-state index contributed by atoms with van der Waals surface area (Å²) in [6.45, 7) is 0. The first kappa shape index (κ1) is 14.0. The van der Waals surface area contributed by atoms with E-state index in [0.717, 1.165) is 11.8 Å². The molecule has 0 amide bonds. The molecule has 0 spiro atoms. The molecule has 0 saturated heterocycles. The van der Waals surface area contributed by atoms with Gasteiger partial charge in [-0.1, -0.05) is 23.9 Å². The zero-order valence-electron chi connectivity index (χ0n) is 10.3. The predicted octanol–water partition coefficient (Wildman–Crippen LogP) is -0.709. The van der Waals surface area contributed by atoms with Gasteiger partial charge in [-0.15, -0.1) is 5.10 Å². The molecule has 0 atom stereocenters. The minimum Gasteiger partial charge on any atom is -0.545 e.